The number of nitrogens with zero attached hydrogens (tertiary/aromatic N) is 2. The van der Waals surface area contributed by atoms with Crippen LogP contribution in [0.5, 0.6) is 5.88 Å². The highest BCUT2D eigenvalue weighted by molar-refractivity contribution is 9.10. The zero-order chi connectivity index (χ0) is 28.8. The number of benzene rings is 2. The molecule has 41 heavy (non-hydrogen) atoms. The molecule has 5 rings (SSSR count). The summed E-state index contributed by atoms with van der Waals surface area (Å²) in [6.07, 6.45) is 3.47. The van der Waals surface area contributed by atoms with Gasteiger partial charge in [-0.05, 0) is 69.9 Å². The third kappa shape index (κ3) is 7.81. The second kappa shape index (κ2) is 13.6. The van der Waals surface area contributed by atoms with Crippen LogP contribution in [0.1, 0.15) is 57.3 Å². The summed E-state index contributed by atoms with van der Waals surface area (Å²) in [5, 5.41) is 5.33. The predicted octanol–water partition coefficient (Wildman–Crippen LogP) is 6.91. The van der Waals surface area contributed by atoms with Crippen molar-refractivity contribution in [3.63, 3.8) is 0 Å². The molecule has 0 saturated carbocycles. The van der Waals surface area contributed by atoms with E-state index < -0.39 is 15.7 Å². The Bertz CT molecular complexity index is 1480. The number of hydrogen-bond donors (Lipinski definition) is 1. The number of hydrogen-bond acceptors (Lipinski definition) is 7. The molecule has 2 aromatic heterocycles. The Morgan fingerprint density at radius 1 is 1.10 bits per heavy atom. The van der Waals surface area contributed by atoms with E-state index in [4.69, 9.17) is 23.7 Å². The van der Waals surface area contributed by atoms with Crippen molar-refractivity contribution < 1.29 is 22.9 Å². The topological polar surface area (TPSA) is 95.7 Å². The highest BCUT2D eigenvalue weighted by Crippen LogP contribution is 2.35. The molecule has 0 aliphatic carbocycles. The monoisotopic (exact) mass is 641 g/mol. The summed E-state index contributed by atoms with van der Waals surface area (Å²) in [4.78, 5) is 4.76. The van der Waals surface area contributed by atoms with Gasteiger partial charge in [0.2, 0.25) is 5.88 Å². The Balaban J connectivity index is 1.38. The molecule has 0 spiro atoms. The third-order valence-electron chi connectivity index (χ3n) is 6.80. The number of fused-ring (bicyclic) bond motifs is 1. The Morgan fingerprint density at radius 2 is 1.95 bits per heavy atom. The molecule has 1 N–H and O–H groups in total. The molecule has 218 valence electrons. The molecule has 3 atom stereocenters. The fraction of sp³-hybridized carbons (Fsp3) is 0.419. The van der Waals surface area contributed by atoms with E-state index in [0.717, 1.165) is 58.2 Å². The van der Waals surface area contributed by atoms with Gasteiger partial charge >= 0.3 is 0 Å². The SMILES string of the molecule is CC(C)(C)[S@](=O)N[C@@H](Cc1cccc(OCCOC2CCCCO2)n1)c1ccccc1-c1noc2cc(Br)ccc12. The van der Waals surface area contributed by atoms with Gasteiger partial charge < -0.3 is 18.7 Å². The molecular weight excluding hydrogens is 606 g/mol. The van der Waals surface area contributed by atoms with Gasteiger partial charge in [0.15, 0.2) is 11.9 Å². The van der Waals surface area contributed by atoms with Gasteiger partial charge in [0.1, 0.15) is 12.3 Å². The minimum Gasteiger partial charge on any atom is -0.475 e. The summed E-state index contributed by atoms with van der Waals surface area (Å²) >= 11 is 3.50. The maximum Gasteiger partial charge on any atom is 0.213 e. The molecule has 1 saturated heterocycles. The van der Waals surface area contributed by atoms with Crippen LogP contribution in [0.15, 0.2) is 69.7 Å². The van der Waals surface area contributed by atoms with Crippen LogP contribution in [-0.4, -0.2) is 45.2 Å². The van der Waals surface area contributed by atoms with Crippen molar-refractivity contribution in [2.75, 3.05) is 19.8 Å². The smallest absolute Gasteiger partial charge is 0.213 e. The van der Waals surface area contributed by atoms with Crippen molar-refractivity contribution in [3.8, 4) is 17.1 Å². The predicted molar refractivity (Wildman–Crippen MR) is 164 cm³/mol. The molecule has 4 aromatic rings. The standard InChI is InChI=1S/C31H36BrN3O5S/c1-31(2,3)41(36)35-26(20-22-9-8-12-28(33-22)37-17-18-39-29-13-6-7-16-38-29)23-10-4-5-11-24(23)30-25-15-14-21(32)19-27(25)40-34-30/h4-5,8-12,14-15,19,26,29,35H,6-7,13,16-18,20H2,1-3H3/t26-,29?,41-/m0/s1. The molecule has 10 heteroatoms. The van der Waals surface area contributed by atoms with Crippen molar-refractivity contribution in [3.05, 3.63) is 76.4 Å². The van der Waals surface area contributed by atoms with Crippen molar-refractivity contribution >= 4 is 37.9 Å². The van der Waals surface area contributed by atoms with Gasteiger partial charge in [-0.1, -0.05) is 51.4 Å². The molecule has 8 nitrogen and oxygen atoms in total. The Hall–Kier alpha value is -2.63. The minimum atomic E-state index is -1.33. The summed E-state index contributed by atoms with van der Waals surface area (Å²) in [5.74, 6) is 0.521. The van der Waals surface area contributed by atoms with E-state index in [2.05, 4.69) is 25.8 Å². The molecule has 0 amide bonds. The van der Waals surface area contributed by atoms with Gasteiger partial charge in [-0.15, -0.1) is 0 Å². The lowest BCUT2D eigenvalue weighted by Crippen LogP contribution is -2.36. The molecule has 0 bridgehead atoms. The summed E-state index contributed by atoms with van der Waals surface area (Å²) in [6.45, 7) is 7.42. The number of halogens is 1. The maximum atomic E-state index is 13.3. The fourth-order valence-electron chi connectivity index (χ4n) is 4.67. The number of nitrogens with one attached hydrogen (secondary N) is 1. The van der Waals surface area contributed by atoms with Crippen molar-refractivity contribution in [1.29, 1.82) is 0 Å². The Labute approximate surface area is 251 Å². The largest absolute Gasteiger partial charge is 0.475 e. The quantitative estimate of drug-likeness (QED) is 0.178. The summed E-state index contributed by atoms with van der Waals surface area (Å²) in [5.41, 5.74) is 4.11. The number of rotatable bonds is 11. The van der Waals surface area contributed by atoms with Crippen LogP contribution in [0.25, 0.3) is 22.2 Å². The zero-order valence-electron chi connectivity index (χ0n) is 23.6. The van der Waals surface area contributed by atoms with E-state index in [1.54, 1.807) is 0 Å². The van der Waals surface area contributed by atoms with Gasteiger partial charge in [0.05, 0.1) is 28.4 Å². The van der Waals surface area contributed by atoms with Crippen LogP contribution in [0.4, 0.5) is 0 Å². The first-order chi connectivity index (χ1) is 19.8. The molecule has 1 aliphatic heterocycles. The second-order valence-corrected chi connectivity index (χ2v) is 13.9. The Kier molecular flexibility index (Phi) is 9.87. The summed E-state index contributed by atoms with van der Waals surface area (Å²) in [6, 6.07) is 19.3. The lowest BCUT2D eigenvalue weighted by Gasteiger charge is -2.26. The summed E-state index contributed by atoms with van der Waals surface area (Å²) in [7, 11) is -1.33. The van der Waals surface area contributed by atoms with Gasteiger partial charge in [-0.25, -0.2) is 13.9 Å². The van der Waals surface area contributed by atoms with Crippen LogP contribution in [0, 0.1) is 0 Å². The molecule has 0 radical (unpaired) electrons. The second-order valence-electron chi connectivity index (χ2n) is 11.0. The summed E-state index contributed by atoms with van der Waals surface area (Å²) < 4.78 is 40.2. The van der Waals surface area contributed by atoms with E-state index >= 15 is 0 Å². The first-order valence-electron chi connectivity index (χ1n) is 13.9. The molecule has 3 heterocycles. The van der Waals surface area contributed by atoms with Crippen LogP contribution < -0.4 is 9.46 Å². The molecule has 1 unspecified atom stereocenters. The minimum absolute atomic E-state index is 0.148. The van der Waals surface area contributed by atoms with Crippen molar-refractivity contribution in [2.24, 2.45) is 0 Å². The third-order valence-corrected chi connectivity index (χ3v) is 8.90. The van der Waals surface area contributed by atoms with Gasteiger partial charge in [0, 0.05) is 40.2 Å². The van der Waals surface area contributed by atoms with Crippen molar-refractivity contribution in [1.82, 2.24) is 14.9 Å². The highest BCUT2D eigenvalue weighted by Gasteiger charge is 2.27. The number of pyridine rings is 1. The van der Waals surface area contributed by atoms with E-state index in [-0.39, 0.29) is 12.3 Å². The van der Waals surface area contributed by atoms with Crippen LogP contribution in [-0.2, 0) is 26.9 Å². The first-order valence-corrected chi connectivity index (χ1v) is 15.9. The number of aromatic nitrogens is 2. The maximum absolute atomic E-state index is 13.3. The van der Waals surface area contributed by atoms with E-state index in [9.17, 15) is 4.21 Å². The van der Waals surface area contributed by atoms with Gasteiger partial charge in [0.25, 0.3) is 0 Å². The fourth-order valence-corrected chi connectivity index (χ4v) is 5.83. The molecular formula is C31H36BrN3O5S. The highest BCUT2D eigenvalue weighted by atomic mass is 79.9. The van der Waals surface area contributed by atoms with E-state index in [1.165, 1.54) is 0 Å². The van der Waals surface area contributed by atoms with Crippen LogP contribution in [0.3, 0.4) is 0 Å². The Morgan fingerprint density at radius 3 is 2.76 bits per heavy atom. The zero-order valence-corrected chi connectivity index (χ0v) is 26.0. The van der Waals surface area contributed by atoms with Gasteiger partial charge in [-0.3, -0.25) is 0 Å². The lowest BCUT2D eigenvalue weighted by atomic mass is 9.94. The van der Waals surface area contributed by atoms with Gasteiger partial charge in [-0.2, -0.15) is 0 Å². The van der Waals surface area contributed by atoms with Crippen LogP contribution in [0.2, 0.25) is 0 Å². The lowest BCUT2D eigenvalue weighted by molar-refractivity contribution is -0.165. The number of ether oxygens (including phenoxy) is 3. The molecule has 2 aromatic carbocycles. The van der Waals surface area contributed by atoms with Crippen molar-refractivity contribution in [2.45, 2.75) is 63.5 Å². The van der Waals surface area contributed by atoms with E-state index in [1.807, 2.05) is 81.4 Å². The molecule has 1 aliphatic rings. The van der Waals surface area contributed by atoms with Crippen LogP contribution >= 0.6 is 15.9 Å². The normalized spacial score (nSPS) is 17.4. The first kappa shape index (κ1) is 29.8. The van der Waals surface area contributed by atoms with E-state index in [0.29, 0.717) is 31.1 Å². The average molecular weight is 643 g/mol. The average Bonchev–Trinajstić information content (AvgIpc) is 3.38. The molecule has 1 fully saturated rings.